The second kappa shape index (κ2) is 5.78. The fourth-order valence-corrected chi connectivity index (χ4v) is 2.24. The minimum atomic E-state index is -0.424. The van der Waals surface area contributed by atoms with E-state index in [1.54, 1.807) is 32.3 Å². The quantitative estimate of drug-likeness (QED) is 0.494. The van der Waals surface area contributed by atoms with Crippen LogP contribution >= 0.6 is 0 Å². The molecule has 0 aliphatic heterocycles. The van der Waals surface area contributed by atoms with E-state index in [1.807, 2.05) is 19.1 Å². The largest absolute Gasteiger partial charge is 0.330 e. The number of allylic oxidation sites excluding steroid dienone is 2. The van der Waals surface area contributed by atoms with Crippen molar-refractivity contribution in [3.63, 3.8) is 0 Å². The number of nitro groups is 1. The second-order valence-corrected chi connectivity index (χ2v) is 4.89. The van der Waals surface area contributed by atoms with Gasteiger partial charge in [0.25, 0.3) is 5.69 Å². The molecule has 1 aromatic carbocycles. The Balaban J connectivity index is 2.75. The number of benzene rings is 1. The lowest BCUT2D eigenvalue weighted by molar-refractivity contribution is -0.383. The van der Waals surface area contributed by atoms with Crippen molar-refractivity contribution in [2.75, 3.05) is 14.1 Å². The molecule has 1 heterocycles. The fourth-order valence-electron chi connectivity index (χ4n) is 2.24. The van der Waals surface area contributed by atoms with Crippen LogP contribution in [-0.4, -0.2) is 34.5 Å². The van der Waals surface area contributed by atoms with E-state index in [4.69, 9.17) is 0 Å². The summed E-state index contributed by atoms with van der Waals surface area (Å²) in [6, 6.07) is 6.27. The van der Waals surface area contributed by atoms with Gasteiger partial charge >= 0.3 is 6.03 Å². The molecule has 1 amide bonds. The number of carbonyl (C=O) groups is 1. The van der Waals surface area contributed by atoms with E-state index in [9.17, 15) is 14.9 Å². The fraction of sp³-hybridized carbons (Fsp3) is 0.267. The molecule has 6 heteroatoms. The van der Waals surface area contributed by atoms with Gasteiger partial charge in [0.2, 0.25) is 0 Å². The Kier molecular flexibility index (Phi) is 4.07. The zero-order valence-corrected chi connectivity index (χ0v) is 12.2. The summed E-state index contributed by atoms with van der Waals surface area (Å²) in [5.41, 5.74) is 1.30. The van der Waals surface area contributed by atoms with Crippen LogP contribution in [0.25, 0.3) is 10.9 Å². The molecule has 0 saturated heterocycles. The van der Waals surface area contributed by atoms with Gasteiger partial charge in [-0.3, -0.25) is 14.7 Å². The molecule has 2 rings (SSSR count). The van der Waals surface area contributed by atoms with Crippen LogP contribution in [0.4, 0.5) is 10.5 Å². The normalized spacial score (nSPS) is 11.2. The third-order valence-electron chi connectivity index (χ3n) is 3.23. The molecule has 21 heavy (non-hydrogen) atoms. The van der Waals surface area contributed by atoms with Gasteiger partial charge in [0.1, 0.15) is 0 Å². The Morgan fingerprint density at radius 1 is 1.43 bits per heavy atom. The van der Waals surface area contributed by atoms with Crippen molar-refractivity contribution < 1.29 is 9.72 Å². The minimum Gasteiger partial charge on any atom is -0.330 e. The molecule has 0 bridgehead atoms. The van der Waals surface area contributed by atoms with E-state index in [1.165, 1.54) is 15.5 Å². The maximum absolute atomic E-state index is 12.4. The highest BCUT2D eigenvalue weighted by Gasteiger charge is 2.21. The number of non-ortho nitro benzene ring substituents is 1. The zero-order chi connectivity index (χ0) is 15.6. The predicted octanol–water partition coefficient (Wildman–Crippen LogP) is 3.20. The number of carbonyl (C=O) groups excluding carboxylic acids is 1. The molecule has 0 spiro atoms. The van der Waals surface area contributed by atoms with E-state index in [2.05, 4.69) is 0 Å². The van der Waals surface area contributed by atoms with Gasteiger partial charge in [-0.05, 0) is 19.1 Å². The number of amides is 1. The summed E-state index contributed by atoms with van der Waals surface area (Å²) in [7, 11) is 3.32. The molecule has 0 saturated carbocycles. The number of aromatic nitrogens is 1. The number of hydrogen-bond donors (Lipinski definition) is 0. The van der Waals surface area contributed by atoms with E-state index in [0.29, 0.717) is 17.3 Å². The van der Waals surface area contributed by atoms with Gasteiger partial charge in [0.15, 0.2) is 0 Å². The van der Waals surface area contributed by atoms with E-state index in [0.717, 1.165) is 5.69 Å². The lowest BCUT2D eigenvalue weighted by atomic mass is 10.2. The molecule has 6 nitrogen and oxygen atoms in total. The van der Waals surface area contributed by atoms with E-state index < -0.39 is 4.92 Å². The highest BCUT2D eigenvalue weighted by molar-refractivity contribution is 5.97. The van der Waals surface area contributed by atoms with Gasteiger partial charge in [0, 0.05) is 32.3 Å². The summed E-state index contributed by atoms with van der Waals surface area (Å²) in [5, 5.41) is 11.6. The number of hydrogen-bond acceptors (Lipinski definition) is 3. The molecule has 0 fully saturated rings. The van der Waals surface area contributed by atoms with Gasteiger partial charge in [-0.25, -0.2) is 4.79 Å². The van der Waals surface area contributed by atoms with Gasteiger partial charge in [-0.2, -0.15) is 0 Å². The molecular formula is C15H17N3O3. The summed E-state index contributed by atoms with van der Waals surface area (Å²) in [6.45, 7) is 1.89. The van der Waals surface area contributed by atoms with Crippen LogP contribution in [0.15, 0.2) is 36.4 Å². The van der Waals surface area contributed by atoms with Crippen molar-refractivity contribution in [2.24, 2.45) is 0 Å². The molecule has 110 valence electrons. The average Bonchev–Trinajstić information content (AvgIpc) is 2.81. The van der Waals surface area contributed by atoms with Crippen LogP contribution < -0.4 is 0 Å². The molecule has 0 N–H and O–H groups in total. The number of fused-ring (bicyclic) bond motifs is 1. The molecule has 0 unspecified atom stereocenters. The Morgan fingerprint density at radius 3 is 2.71 bits per heavy atom. The highest BCUT2D eigenvalue weighted by Crippen LogP contribution is 2.29. The van der Waals surface area contributed by atoms with Crippen molar-refractivity contribution in [2.45, 2.75) is 13.3 Å². The van der Waals surface area contributed by atoms with E-state index >= 15 is 0 Å². The van der Waals surface area contributed by atoms with Gasteiger partial charge < -0.3 is 4.90 Å². The highest BCUT2D eigenvalue weighted by atomic mass is 16.6. The van der Waals surface area contributed by atoms with Crippen LogP contribution in [0.2, 0.25) is 0 Å². The maximum Gasteiger partial charge on any atom is 0.328 e. The van der Waals surface area contributed by atoms with E-state index in [-0.39, 0.29) is 11.7 Å². The molecule has 1 aromatic heterocycles. The second-order valence-electron chi connectivity index (χ2n) is 4.89. The van der Waals surface area contributed by atoms with Crippen LogP contribution in [0, 0.1) is 10.1 Å². The average molecular weight is 287 g/mol. The van der Waals surface area contributed by atoms with Crippen molar-refractivity contribution in [3.05, 3.63) is 52.2 Å². The van der Waals surface area contributed by atoms with Crippen molar-refractivity contribution >= 4 is 22.6 Å². The lowest BCUT2D eigenvalue weighted by Crippen LogP contribution is -2.28. The Hall–Kier alpha value is -2.63. The van der Waals surface area contributed by atoms with Crippen molar-refractivity contribution in [3.8, 4) is 0 Å². The summed E-state index contributed by atoms with van der Waals surface area (Å²) >= 11 is 0. The first-order valence-electron chi connectivity index (χ1n) is 6.58. The minimum absolute atomic E-state index is 0.0135. The van der Waals surface area contributed by atoms with Crippen LogP contribution in [-0.2, 0) is 6.42 Å². The molecule has 0 aliphatic rings. The van der Waals surface area contributed by atoms with Crippen molar-refractivity contribution in [1.29, 1.82) is 0 Å². The van der Waals surface area contributed by atoms with Gasteiger partial charge in [-0.15, -0.1) is 0 Å². The number of rotatable bonds is 3. The first-order chi connectivity index (χ1) is 9.97. The van der Waals surface area contributed by atoms with Crippen molar-refractivity contribution in [1.82, 2.24) is 9.47 Å². The summed E-state index contributed by atoms with van der Waals surface area (Å²) in [6.07, 6.45) is 4.35. The SMILES string of the molecule is C/C=C\Cc1cc2c([N+](=O)[O-])cccc2n1C(=O)N(C)C. The third kappa shape index (κ3) is 2.65. The zero-order valence-electron chi connectivity index (χ0n) is 12.2. The standard InChI is InChI=1S/C15H17N3O3/c1-4-5-7-11-10-12-13(17(11)15(19)16(2)3)8-6-9-14(12)18(20)21/h4-6,8-10H,7H2,1-3H3/b5-4-. The Morgan fingerprint density at radius 2 is 2.14 bits per heavy atom. The lowest BCUT2D eigenvalue weighted by Gasteiger charge is -2.14. The first-order valence-corrected chi connectivity index (χ1v) is 6.58. The summed E-state index contributed by atoms with van der Waals surface area (Å²) < 4.78 is 1.53. The maximum atomic E-state index is 12.4. The molecule has 0 aliphatic carbocycles. The molecule has 0 radical (unpaired) electrons. The van der Waals surface area contributed by atoms with Crippen LogP contribution in [0.5, 0.6) is 0 Å². The van der Waals surface area contributed by atoms with Crippen LogP contribution in [0.3, 0.4) is 0 Å². The molecular weight excluding hydrogens is 270 g/mol. The number of nitro benzene ring substituents is 1. The van der Waals surface area contributed by atoms with Crippen LogP contribution in [0.1, 0.15) is 12.6 Å². The van der Waals surface area contributed by atoms with Gasteiger partial charge in [-0.1, -0.05) is 18.2 Å². The smallest absolute Gasteiger partial charge is 0.328 e. The molecule has 2 aromatic rings. The number of nitrogens with zero attached hydrogens (tertiary/aromatic N) is 3. The monoisotopic (exact) mass is 287 g/mol. The first kappa shape index (κ1) is 14.8. The van der Waals surface area contributed by atoms with Gasteiger partial charge in [0.05, 0.1) is 15.8 Å². The Bertz CT molecular complexity index is 729. The summed E-state index contributed by atoms with van der Waals surface area (Å²) in [5.74, 6) is 0. The molecule has 0 atom stereocenters. The topological polar surface area (TPSA) is 68.4 Å². The third-order valence-corrected chi connectivity index (χ3v) is 3.23. The summed E-state index contributed by atoms with van der Waals surface area (Å²) in [4.78, 5) is 24.6. The Labute approximate surface area is 122 Å². The predicted molar refractivity (Wildman–Crippen MR) is 81.6 cm³/mol.